The lowest BCUT2D eigenvalue weighted by Crippen LogP contribution is -2.32. The minimum atomic E-state index is -0.388. The van der Waals surface area contributed by atoms with Crippen molar-refractivity contribution >= 4 is 23.0 Å². The average molecular weight is 317 g/mol. The van der Waals surface area contributed by atoms with Gasteiger partial charge in [0, 0.05) is 30.4 Å². The van der Waals surface area contributed by atoms with E-state index >= 15 is 0 Å². The molecule has 0 fully saturated rings. The van der Waals surface area contributed by atoms with Gasteiger partial charge in [0.2, 0.25) is 0 Å². The molecule has 0 aromatic heterocycles. The van der Waals surface area contributed by atoms with E-state index < -0.39 is 0 Å². The number of nitro benzene ring substituents is 1. The Morgan fingerprint density at radius 3 is 2.86 bits per heavy atom. The molecule has 0 bridgehead atoms. The molecule has 0 N–H and O–H groups in total. The van der Waals surface area contributed by atoms with Crippen LogP contribution >= 0.6 is 11.6 Å². The van der Waals surface area contributed by atoms with Gasteiger partial charge >= 0.3 is 0 Å². The lowest BCUT2D eigenvalue weighted by atomic mass is 10.1. The second kappa shape index (κ2) is 5.97. The first-order valence-corrected chi connectivity index (χ1v) is 7.73. The summed E-state index contributed by atoms with van der Waals surface area (Å²) in [6.45, 7) is 2.82. The van der Waals surface area contributed by atoms with Gasteiger partial charge in [0.1, 0.15) is 0 Å². The molecule has 1 aliphatic rings. The fraction of sp³-hybridized carbons (Fsp3) is 0.294. The van der Waals surface area contributed by atoms with Crippen LogP contribution in [0, 0.1) is 10.1 Å². The van der Waals surface area contributed by atoms with E-state index in [1.165, 1.54) is 17.3 Å². The summed E-state index contributed by atoms with van der Waals surface area (Å²) in [5.41, 5.74) is 3.41. The lowest BCUT2D eigenvalue weighted by Gasteiger charge is -2.27. The van der Waals surface area contributed by atoms with Gasteiger partial charge in [0.05, 0.1) is 10.3 Å². The highest BCUT2D eigenvalue weighted by molar-refractivity contribution is 6.21. The van der Waals surface area contributed by atoms with E-state index in [4.69, 9.17) is 11.6 Å². The van der Waals surface area contributed by atoms with Crippen LogP contribution in [0.25, 0.3) is 0 Å². The topological polar surface area (TPSA) is 46.4 Å². The van der Waals surface area contributed by atoms with E-state index in [1.54, 1.807) is 12.1 Å². The number of rotatable bonds is 4. The monoisotopic (exact) mass is 316 g/mol. The molecule has 22 heavy (non-hydrogen) atoms. The first-order chi connectivity index (χ1) is 10.6. The second-order valence-electron chi connectivity index (χ2n) is 5.65. The number of anilines is 1. The Morgan fingerprint density at radius 1 is 1.32 bits per heavy atom. The Morgan fingerprint density at radius 2 is 2.09 bits per heavy atom. The maximum atomic E-state index is 10.9. The molecule has 0 saturated carbocycles. The Hall–Kier alpha value is -2.07. The normalized spacial score (nSPS) is 18.1. The fourth-order valence-electron chi connectivity index (χ4n) is 3.02. The largest absolute Gasteiger partial charge is 0.366 e. The highest BCUT2D eigenvalue weighted by Crippen LogP contribution is 2.35. The van der Waals surface area contributed by atoms with Gasteiger partial charge in [0.15, 0.2) is 0 Å². The van der Waals surface area contributed by atoms with Gasteiger partial charge < -0.3 is 4.90 Å². The first kappa shape index (κ1) is 14.9. The van der Waals surface area contributed by atoms with Crippen LogP contribution in [0.5, 0.6) is 0 Å². The van der Waals surface area contributed by atoms with Crippen molar-refractivity contribution in [2.24, 2.45) is 0 Å². The van der Waals surface area contributed by atoms with Gasteiger partial charge in [-0.05, 0) is 30.5 Å². The number of benzene rings is 2. The van der Waals surface area contributed by atoms with Gasteiger partial charge in [-0.2, -0.15) is 0 Å². The quantitative estimate of drug-likeness (QED) is 0.479. The zero-order valence-electron chi connectivity index (χ0n) is 12.3. The van der Waals surface area contributed by atoms with Crippen LogP contribution in [0.2, 0.25) is 0 Å². The molecule has 0 radical (unpaired) electrons. The number of fused-ring (bicyclic) bond motifs is 1. The Bertz CT molecular complexity index is 705. The van der Waals surface area contributed by atoms with E-state index in [0.29, 0.717) is 12.6 Å². The van der Waals surface area contributed by atoms with E-state index in [9.17, 15) is 10.1 Å². The van der Waals surface area contributed by atoms with Crippen molar-refractivity contribution in [1.82, 2.24) is 0 Å². The third-order valence-electron chi connectivity index (χ3n) is 4.15. The van der Waals surface area contributed by atoms with Crippen LogP contribution in [0.3, 0.4) is 0 Å². The van der Waals surface area contributed by atoms with Gasteiger partial charge in [-0.15, -0.1) is 11.6 Å². The van der Waals surface area contributed by atoms with Crippen molar-refractivity contribution in [1.29, 1.82) is 0 Å². The molecule has 2 aromatic rings. The molecule has 5 heteroatoms. The molecule has 2 atom stereocenters. The molecule has 0 amide bonds. The lowest BCUT2D eigenvalue weighted by molar-refractivity contribution is -0.384. The molecule has 0 aliphatic carbocycles. The van der Waals surface area contributed by atoms with Gasteiger partial charge in [0.25, 0.3) is 5.69 Å². The number of nitro groups is 1. The number of halogens is 1. The smallest absolute Gasteiger partial charge is 0.269 e. The minimum Gasteiger partial charge on any atom is -0.366 e. The highest BCUT2D eigenvalue weighted by Gasteiger charge is 2.27. The van der Waals surface area contributed by atoms with Crippen molar-refractivity contribution in [3.05, 3.63) is 69.8 Å². The summed E-state index contributed by atoms with van der Waals surface area (Å²) in [7, 11) is 0. The number of hydrogen-bond acceptors (Lipinski definition) is 3. The molecule has 2 aromatic carbocycles. The molecule has 0 spiro atoms. The van der Waals surface area contributed by atoms with Crippen molar-refractivity contribution in [3.8, 4) is 0 Å². The molecular formula is C17H17ClN2O2. The predicted octanol–water partition coefficient (Wildman–Crippen LogP) is 4.33. The van der Waals surface area contributed by atoms with Gasteiger partial charge in [-0.1, -0.05) is 30.3 Å². The van der Waals surface area contributed by atoms with Crippen LogP contribution in [0.1, 0.15) is 23.4 Å². The number of para-hydroxylation sites is 1. The molecule has 2 unspecified atom stereocenters. The molecule has 4 nitrogen and oxygen atoms in total. The van der Waals surface area contributed by atoms with E-state index in [1.807, 2.05) is 18.2 Å². The first-order valence-electron chi connectivity index (χ1n) is 7.29. The SMILES string of the molecule is CC1Cc2ccccc2N1CC(Cl)c1cccc([N+](=O)[O-])c1. The summed E-state index contributed by atoms with van der Waals surface area (Å²) < 4.78 is 0. The number of hydrogen-bond donors (Lipinski definition) is 0. The Labute approximate surface area is 134 Å². The van der Waals surface area contributed by atoms with Crippen LogP contribution in [0.15, 0.2) is 48.5 Å². The van der Waals surface area contributed by atoms with Crippen LogP contribution in [-0.4, -0.2) is 17.5 Å². The number of alkyl halides is 1. The standard InChI is InChI=1S/C17H17ClN2O2/c1-12-9-14-5-2-3-8-17(14)19(12)11-16(18)13-6-4-7-15(10-13)20(21)22/h2-8,10,12,16H,9,11H2,1H3. The molecule has 1 aliphatic heterocycles. The van der Waals surface area contributed by atoms with E-state index in [-0.39, 0.29) is 16.0 Å². The van der Waals surface area contributed by atoms with Crippen molar-refractivity contribution in [2.45, 2.75) is 24.8 Å². The second-order valence-corrected chi connectivity index (χ2v) is 6.18. The van der Waals surface area contributed by atoms with Gasteiger partial charge in [-0.25, -0.2) is 0 Å². The Kier molecular flexibility index (Phi) is 4.03. The summed E-state index contributed by atoms with van der Waals surface area (Å²) in [6.07, 6.45) is 1.01. The fourth-order valence-corrected chi connectivity index (χ4v) is 3.30. The zero-order valence-corrected chi connectivity index (χ0v) is 13.0. The summed E-state index contributed by atoms with van der Waals surface area (Å²) in [5.74, 6) is 0. The van der Waals surface area contributed by atoms with Gasteiger partial charge in [-0.3, -0.25) is 10.1 Å². The number of nitrogens with zero attached hydrogens (tertiary/aromatic N) is 2. The molecule has 3 rings (SSSR count). The van der Waals surface area contributed by atoms with Crippen molar-refractivity contribution < 1.29 is 4.92 Å². The predicted molar refractivity (Wildman–Crippen MR) is 88.6 cm³/mol. The van der Waals surface area contributed by atoms with Crippen LogP contribution in [-0.2, 0) is 6.42 Å². The third-order valence-corrected chi connectivity index (χ3v) is 4.54. The maximum Gasteiger partial charge on any atom is 0.269 e. The number of non-ortho nitro benzene ring substituents is 1. The summed E-state index contributed by atoms with van der Waals surface area (Å²) in [5, 5.41) is 10.6. The molecule has 0 saturated heterocycles. The average Bonchev–Trinajstić information content (AvgIpc) is 2.83. The van der Waals surface area contributed by atoms with E-state index in [0.717, 1.165) is 12.0 Å². The van der Waals surface area contributed by atoms with Crippen LogP contribution < -0.4 is 4.90 Å². The zero-order chi connectivity index (χ0) is 15.7. The minimum absolute atomic E-state index is 0.0815. The van der Waals surface area contributed by atoms with E-state index in [2.05, 4.69) is 24.0 Å². The maximum absolute atomic E-state index is 10.9. The Balaban J connectivity index is 1.81. The molecule has 114 valence electrons. The molecular weight excluding hydrogens is 300 g/mol. The van der Waals surface area contributed by atoms with Crippen molar-refractivity contribution in [3.63, 3.8) is 0 Å². The molecule has 1 heterocycles. The summed E-state index contributed by atoms with van der Waals surface area (Å²) in [6, 6.07) is 15.3. The van der Waals surface area contributed by atoms with Crippen LogP contribution in [0.4, 0.5) is 11.4 Å². The van der Waals surface area contributed by atoms with Crippen molar-refractivity contribution in [2.75, 3.05) is 11.4 Å². The summed E-state index contributed by atoms with van der Waals surface area (Å²) >= 11 is 6.53. The highest BCUT2D eigenvalue weighted by atomic mass is 35.5. The third kappa shape index (κ3) is 2.79. The summed E-state index contributed by atoms with van der Waals surface area (Å²) in [4.78, 5) is 12.8.